The van der Waals surface area contributed by atoms with E-state index in [0.717, 1.165) is 41.5 Å². The minimum Gasteiger partial charge on any atom is -0.497 e. The van der Waals surface area contributed by atoms with Crippen LogP contribution < -0.4 is 4.74 Å². The number of benzene rings is 1. The average Bonchev–Trinajstić information content (AvgIpc) is 3.22. The van der Waals surface area contributed by atoms with Gasteiger partial charge in [-0.15, -0.1) is 0 Å². The molecule has 0 spiro atoms. The molecular formula is C17H17N3O2. The number of ether oxygens (including phenoxy) is 2. The second-order valence-corrected chi connectivity index (χ2v) is 5.41. The maximum atomic E-state index is 5.54. The normalized spacial score (nSPS) is 18.0. The lowest BCUT2D eigenvalue weighted by Crippen LogP contribution is -2.08. The maximum absolute atomic E-state index is 5.54. The Kier molecular flexibility index (Phi) is 3.27. The molecule has 1 unspecified atom stereocenters. The summed E-state index contributed by atoms with van der Waals surface area (Å²) in [6.45, 7) is 1.51. The molecule has 0 radical (unpaired) electrons. The third-order valence-electron chi connectivity index (χ3n) is 4.05. The van der Waals surface area contributed by atoms with Crippen LogP contribution in [0.25, 0.3) is 16.9 Å². The van der Waals surface area contributed by atoms with Crippen molar-refractivity contribution in [1.29, 1.82) is 0 Å². The molecule has 1 aliphatic rings. The van der Waals surface area contributed by atoms with Gasteiger partial charge in [-0.1, -0.05) is 6.07 Å². The molecule has 4 rings (SSSR count). The van der Waals surface area contributed by atoms with Gasteiger partial charge in [0.05, 0.1) is 19.4 Å². The van der Waals surface area contributed by atoms with Gasteiger partial charge in [0.25, 0.3) is 0 Å². The first kappa shape index (κ1) is 13.3. The van der Waals surface area contributed by atoms with E-state index in [-0.39, 0.29) is 0 Å². The second kappa shape index (κ2) is 5.42. The molecule has 1 atom stereocenters. The van der Waals surface area contributed by atoms with Crippen molar-refractivity contribution in [2.75, 3.05) is 20.3 Å². The molecule has 1 saturated heterocycles. The zero-order valence-electron chi connectivity index (χ0n) is 12.4. The molecule has 1 fully saturated rings. The predicted molar refractivity (Wildman–Crippen MR) is 83.6 cm³/mol. The van der Waals surface area contributed by atoms with E-state index in [1.807, 2.05) is 30.3 Å². The van der Waals surface area contributed by atoms with E-state index in [1.54, 1.807) is 13.3 Å². The van der Waals surface area contributed by atoms with E-state index < -0.39 is 0 Å². The van der Waals surface area contributed by atoms with Crippen LogP contribution in [-0.2, 0) is 4.74 Å². The Morgan fingerprint density at radius 2 is 2.23 bits per heavy atom. The molecule has 0 saturated carbocycles. The molecule has 5 heteroatoms. The standard InChI is InChI=1S/C17H17N3O2/c1-21-14-5-2-4-13(10-14)20-16(12-7-9-22-11-12)19-15-6-3-8-18-17(15)20/h2-6,8,10,12H,7,9,11H2,1H3. The summed E-state index contributed by atoms with van der Waals surface area (Å²) in [5, 5.41) is 0. The van der Waals surface area contributed by atoms with Crippen molar-refractivity contribution in [2.24, 2.45) is 0 Å². The smallest absolute Gasteiger partial charge is 0.164 e. The summed E-state index contributed by atoms with van der Waals surface area (Å²) in [7, 11) is 1.68. The van der Waals surface area contributed by atoms with Crippen LogP contribution in [0.4, 0.5) is 0 Å². The van der Waals surface area contributed by atoms with Crippen molar-refractivity contribution >= 4 is 11.2 Å². The largest absolute Gasteiger partial charge is 0.497 e. The van der Waals surface area contributed by atoms with E-state index in [1.165, 1.54) is 0 Å². The fourth-order valence-corrected chi connectivity index (χ4v) is 2.95. The van der Waals surface area contributed by atoms with Gasteiger partial charge in [0.15, 0.2) is 5.65 Å². The van der Waals surface area contributed by atoms with Crippen LogP contribution in [0.5, 0.6) is 5.75 Å². The quantitative estimate of drug-likeness (QED) is 0.745. The minimum absolute atomic E-state index is 0.306. The highest BCUT2D eigenvalue weighted by molar-refractivity contribution is 5.74. The Labute approximate surface area is 128 Å². The molecule has 5 nitrogen and oxygen atoms in total. The molecule has 1 aromatic carbocycles. The minimum atomic E-state index is 0.306. The Bertz CT molecular complexity index is 807. The van der Waals surface area contributed by atoms with Crippen molar-refractivity contribution in [3.8, 4) is 11.4 Å². The summed E-state index contributed by atoms with van der Waals surface area (Å²) in [5.74, 6) is 2.14. The van der Waals surface area contributed by atoms with Crippen LogP contribution >= 0.6 is 0 Å². The van der Waals surface area contributed by atoms with E-state index in [9.17, 15) is 0 Å². The van der Waals surface area contributed by atoms with E-state index >= 15 is 0 Å². The molecule has 2 aromatic heterocycles. The Morgan fingerprint density at radius 3 is 3.05 bits per heavy atom. The number of rotatable bonds is 3. The predicted octanol–water partition coefficient (Wildman–Crippen LogP) is 2.93. The molecule has 22 heavy (non-hydrogen) atoms. The zero-order chi connectivity index (χ0) is 14.9. The fourth-order valence-electron chi connectivity index (χ4n) is 2.95. The van der Waals surface area contributed by atoms with Gasteiger partial charge in [0, 0.05) is 24.8 Å². The molecule has 3 aromatic rings. The first-order chi connectivity index (χ1) is 10.9. The SMILES string of the molecule is COc1cccc(-n2c(C3CCOC3)nc3cccnc32)c1. The third-order valence-corrected chi connectivity index (χ3v) is 4.05. The lowest BCUT2D eigenvalue weighted by molar-refractivity contribution is 0.193. The summed E-state index contributed by atoms with van der Waals surface area (Å²) >= 11 is 0. The van der Waals surface area contributed by atoms with Crippen molar-refractivity contribution < 1.29 is 9.47 Å². The lowest BCUT2D eigenvalue weighted by Gasteiger charge is -2.13. The zero-order valence-corrected chi connectivity index (χ0v) is 12.4. The second-order valence-electron chi connectivity index (χ2n) is 5.41. The van der Waals surface area contributed by atoms with Crippen molar-refractivity contribution in [3.63, 3.8) is 0 Å². The van der Waals surface area contributed by atoms with Crippen molar-refractivity contribution in [2.45, 2.75) is 12.3 Å². The first-order valence-electron chi connectivity index (χ1n) is 7.42. The topological polar surface area (TPSA) is 49.2 Å². The van der Waals surface area contributed by atoms with E-state index in [0.29, 0.717) is 12.5 Å². The van der Waals surface area contributed by atoms with Crippen LogP contribution in [0.15, 0.2) is 42.6 Å². The number of fused-ring (bicyclic) bond motifs is 1. The van der Waals surface area contributed by atoms with Gasteiger partial charge < -0.3 is 9.47 Å². The molecule has 0 aliphatic carbocycles. The van der Waals surface area contributed by atoms with Gasteiger partial charge in [-0.3, -0.25) is 4.57 Å². The number of hydrogen-bond acceptors (Lipinski definition) is 4. The summed E-state index contributed by atoms with van der Waals surface area (Å²) < 4.78 is 13.0. The Balaban J connectivity index is 1.95. The van der Waals surface area contributed by atoms with Crippen LogP contribution in [0, 0.1) is 0 Å². The highest BCUT2D eigenvalue weighted by Gasteiger charge is 2.25. The van der Waals surface area contributed by atoms with Gasteiger partial charge in [-0.25, -0.2) is 9.97 Å². The Hall–Kier alpha value is -2.40. The van der Waals surface area contributed by atoms with E-state index in [2.05, 4.69) is 15.6 Å². The van der Waals surface area contributed by atoms with Crippen molar-refractivity contribution in [1.82, 2.24) is 14.5 Å². The fraction of sp³-hybridized carbons (Fsp3) is 0.294. The van der Waals surface area contributed by atoms with Crippen LogP contribution in [0.3, 0.4) is 0 Å². The van der Waals surface area contributed by atoms with Crippen LogP contribution in [-0.4, -0.2) is 34.9 Å². The summed E-state index contributed by atoms with van der Waals surface area (Å²) in [6.07, 6.45) is 2.79. The number of hydrogen-bond donors (Lipinski definition) is 0. The lowest BCUT2D eigenvalue weighted by atomic mass is 10.1. The van der Waals surface area contributed by atoms with Gasteiger partial charge >= 0.3 is 0 Å². The van der Waals surface area contributed by atoms with Crippen LogP contribution in [0.1, 0.15) is 18.2 Å². The molecule has 0 N–H and O–H groups in total. The van der Waals surface area contributed by atoms with Crippen LogP contribution in [0.2, 0.25) is 0 Å². The van der Waals surface area contributed by atoms with Gasteiger partial charge in [0.2, 0.25) is 0 Å². The molecular weight excluding hydrogens is 278 g/mol. The van der Waals surface area contributed by atoms with Gasteiger partial charge in [-0.05, 0) is 30.7 Å². The number of methoxy groups -OCH3 is 1. The highest BCUT2D eigenvalue weighted by Crippen LogP contribution is 2.30. The van der Waals surface area contributed by atoms with E-state index in [4.69, 9.17) is 14.5 Å². The molecule has 0 bridgehead atoms. The summed E-state index contributed by atoms with van der Waals surface area (Å²) in [5.41, 5.74) is 2.80. The summed E-state index contributed by atoms with van der Waals surface area (Å²) in [6, 6.07) is 11.9. The first-order valence-corrected chi connectivity index (χ1v) is 7.42. The monoisotopic (exact) mass is 295 g/mol. The number of nitrogens with zero attached hydrogens (tertiary/aromatic N) is 3. The van der Waals surface area contributed by atoms with Gasteiger partial charge in [-0.2, -0.15) is 0 Å². The summed E-state index contributed by atoms with van der Waals surface area (Å²) in [4.78, 5) is 9.33. The molecule has 0 amide bonds. The third kappa shape index (κ3) is 2.14. The molecule has 3 heterocycles. The number of pyridine rings is 1. The Morgan fingerprint density at radius 1 is 1.27 bits per heavy atom. The molecule has 1 aliphatic heterocycles. The van der Waals surface area contributed by atoms with Gasteiger partial charge in [0.1, 0.15) is 17.1 Å². The maximum Gasteiger partial charge on any atom is 0.164 e. The number of aromatic nitrogens is 3. The highest BCUT2D eigenvalue weighted by atomic mass is 16.5. The number of imidazole rings is 1. The average molecular weight is 295 g/mol. The molecule has 112 valence electrons. The van der Waals surface area contributed by atoms with Crippen molar-refractivity contribution in [3.05, 3.63) is 48.4 Å².